The summed E-state index contributed by atoms with van der Waals surface area (Å²) in [7, 11) is 0. The molecule has 1 aliphatic rings. The van der Waals surface area contributed by atoms with E-state index in [9.17, 15) is 9.90 Å². The normalized spacial score (nSPS) is 24.4. The molecule has 0 atom stereocenters. The fourth-order valence-corrected chi connectivity index (χ4v) is 2.96. The molecular weight excluding hydrogens is 316 g/mol. The van der Waals surface area contributed by atoms with Crippen molar-refractivity contribution in [1.82, 2.24) is 10.5 Å². The van der Waals surface area contributed by atoms with Crippen LogP contribution in [-0.2, 0) is 0 Å². The quantitative estimate of drug-likeness (QED) is 0.901. The summed E-state index contributed by atoms with van der Waals surface area (Å²) in [5.74, 6) is 0.267. The first-order valence-corrected chi connectivity index (χ1v) is 8.06. The van der Waals surface area contributed by atoms with Crippen LogP contribution in [0.2, 0.25) is 5.02 Å². The van der Waals surface area contributed by atoms with E-state index in [-0.39, 0.29) is 23.2 Å². The Hall–Kier alpha value is -1.85. The van der Waals surface area contributed by atoms with Gasteiger partial charge in [0, 0.05) is 22.2 Å². The number of amides is 1. The van der Waals surface area contributed by atoms with Gasteiger partial charge in [-0.15, -0.1) is 0 Å². The highest BCUT2D eigenvalue weighted by Gasteiger charge is 2.32. The highest BCUT2D eigenvalue weighted by Crippen LogP contribution is 2.28. The predicted molar refractivity (Wildman–Crippen MR) is 87.3 cm³/mol. The number of aliphatic hydroxyl groups is 1. The Morgan fingerprint density at radius 1 is 1.35 bits per heavy atom. The average molecular weight is 335 g/mol. The van der Waals surface area contributed by atoms with Gasteiger partial charge in [0.05, 0.1) is 6.10 Å². The maximum atomic E-state index is 12.4. The SMILES string of the molecule is CC1(NC(=O)c2cc(-c3ccc(Cl)cc3)on2)CCC(O)CC1. The number of hydrogen-bond donors (Lipinski definition) is 2. The van der Waals surface area contributed by atoms with Gasteiger partial charge < -0.3 is 14.9 Å². The van der Waals surface area contributed by atoms with Gasteiger partial charge in [-0.05, 0) is 56.9 Å². The molecule has 0 bridgehead atoms. The van der Waals surface area contributed by atoms with Gasteiger partial charge in [0.25, 0.3) is 5.91 Å². The summed E-state index contributed by atoms with van der Waals surface area (Å²) < 4.78 is 5.26. The van der Waals surface area contributed by atoms with Gasteiger partial charge in [-0.3, -0.25) is 4.79 Å². The van der Waals surface area contributed by atoms with E-state index >= 15 is 0 Å². The second-order valence-corrected chi connectivity index (χ2v) is 6.77. The number of aliphatic hydroxyl groups excluding tert-OH is 1. The van der Waals surface area contributed by atoms with E-state index in [0.29, 0.717) is 23.6 Å². The Morgan fingerprint density at radius 2 is 2.00 bits per heavy atom. The van der Waals surface area contributed by atoms with Gasteiger partial charge >= 0.3 is 0 Å². The van der Waals surface area contributed by atoms with Gasteiger partial charge in [-0.25, -0.2) is 0 Å². The Kier molecular flexibility index (Phi) is 4.41. The fraction of sp³-hybridized carbons (Fsp3) is 0.412. The fourth-order valence-electron chi connectivity index (χ4n) is 2.84. The number of nitrogens with zero attached hydrogens (tertiary/aromatic N) is 1. The summed E-state index contributed by atoms with van der Waals surface area (Å²) in [6.07, 6.45) is 2.64. The molecule has 1 heterocycles. The molecule has 1 amide bonds. The number of benzene rings is 1. The lowest BCUT2D eigenvalue weighted by Crippen LogP contribution is -2.49. The van der Waals surface area contributed by atoms with Crippen molar-refractivity contribution in [2.75, 3.05) is 0 Å². The number of rotatable bonds is 3. The molecule has 6 heteroatoms. The molecule has 0 saturated heterocycles. The van der Waals surface area contributed by atoms with E-state index in [0.717, 1.165) is 18.4 Å². The van der Waals surface area contributed by atoms with E-state index in [1.165, 1.54) is 0 Å². The third-order valence-corrected chi connectivity index (χ3v) is 4.60. The first-order chi connectivity index (χ1) is 11.0. The molecule has 5 nitrogen and oxygen atoms in total. The molecule has 1 aliphatic carbocycles. The number of carbonyl (C=O) groups excluding carboxylic acids is 1. The second-order valence-electron chi connectivity index (χ2n) is 6.33. The van der Waals surface area contributed by atoms with Crippen LogP contribution in [0.15, 0.2) is 34.9 Å². The van der Waals surface area contributed by atoms with E-state index in [4.69, 9.17) is 16.1 Å². The van der Waals surface area contributed by atoms with Gasteiger partial charge in [0.2, 0.25) is 0 Å². The zero-order valence-electron chi connectivity index (χ0n) is 12.9. The van der Waals surface area contributed by atoms with Crippen molar-refractivity contribution in [2.45, 2.75) is 44.2 Å². The summed E-state index contributed by atoms with van der Waals surface area (Å²) in [6.45, 7) is 2.00. The number of halogens is 1. The third-order valence-electron chi connectivity index (χ3n) is 4.35. The van der Waals surface area contributed by atoms with Crippen LogP contribution in [0.3, 0.4) is 0 Å². The van der Waals surface area contributed by atoms with Gasteiger partial charge in [-0.2, -0.15) is 0 Å². The van der Waals surface area contributed by atoms with Crippen molar-refractivity contribution in [3.05, 3.63) is 41.0 Å². The van der Waals surface area contributed by atoms with Crippen molar-refractivity contribution < 1.29 is 14.4 Å². The highest BCUT2D eigenvalue weighted by atomic mass is 35.5. The number of aromatic nitrogens is 1. The molecule has 0 radical (unpaired) electrons. The third kappa shape index (κ3) is 3.74. The van der Waals surface area contributed by atoms with Gasteiger partial charge in [0.15, 0.2) is 11.5 Å². The van der Waals surface area contributed by atoms with E-state index in [1.807, 2.05) is 19.1 Å². The van der Waals surface area contributed by atoms with Crippen LogP contribution in [0.4, 0.5) is 0 Å². The molecule has 122 valence electrons. The van der Waals surface area contributed by atoms with Crippen molar-refractivity contribution in [2.24, 2.45) is 0 Å². The molecule has 1 fully saturated rings. The maximum Gasteiger partial charge on any atom is 0.273 e. The topological polar surface area (TPSA) is 75.4 Å². The predicted octanol–water partition coefficient (Wildman–Crippen LogP) is 3.42. The van der Waals surface area contributed by atoms with Crippen LogP contribution < -0.4 is 5.32 Å². The monoisotopic (exact) mass is 334 g/mol. The molecule has 1 aromatic heterocycles. The number of carbonyl (C=O) groups is 1. The summed E-state index contributed by atoms with van der Waals surface area (Å²) in [4.78, 5) is 12.4. The highest BCUT2D eigenvalue weighted by molar-refractivity contribution is 6.30. The molecule has 0 unspecified atom stereocenters. The molecule has 2 aromatic rings. The molecular formula is C17H19ClN2O3. The zero-order chi connectivity index (χ0) is 16.4. The van der Waals surface area contributed by atoms with Gasteiger partial charge in [0.1, 0.15) is 0 Å². The molecule has 23 heavy (non-hydrogen) atoms. The Bertz CT molecular complexity index is 688. The summed E-state index contributed by atoms with van der Waals surface area (Å²) in [6, 6.07) is 8.77. The molecule has 2 N–H and O–H groups in total. The molecule has 0 aliphatic heterocycles. The van der Waals surface area contributed by atoms with Crippen LogP contribution in [-0.4, -0.2) is 27.8 Å². The summed E-state index contributed by atoms with van der Waals surface area (Å²) in [5, 5.41) is 17.1. The lowest BCUT2D eigenvalue weighted by molar-refractivity contribution is 0.0719. The largest absolute Gasteiger partial charge is 0.393 e. The van der Waals surface area contributed by atoms with Crippen LogP contribution >= 0.6 is 11.6 Å². The molecule has 1 saturated carbocycles. The van der Waals surface area contributed by atoms with E-state index < -0.39 is 0 Å². The molecule has 1 aromatic carbocycles. The zero-order valence-corrected chi connectivity index (χ0v) is 13.6. The Balaban J connectivity index is 1.70. The van der Waals surface area contributed by atoms with E-state index in [1.54, 1.807) is 18.2 Å². The summed E-state index contributed by atoms with van der Waals surface area (Å²) >= 11 is 5.86. The second kappa shape index (κ2) is 6.34. The lowest BCUT2D eigenvalue weighted by atomic mass is 9.82. The van der Waals surface area contributed by atoms with Crippen LogP contribution in [0.5, 0.6) is 0 Å². The van der Waals surface area contributed by atoms with Crippen LogP contribution in [0, 0.1) is 0 Å². The Morgan fingerprint density at radius 3 is 2.65 bits per heavy atom. The van der Waals surface area contributed by atoms with E-state index in [2.05, 4.69) is 10.5 Å². The number of nitrogens with one attached hydrogen (secondary N) is 1. The van der Waals surface area contributed by atoms with Gasteiger partial charge in [-0.1, -0.05) is 16.8 Å². The van der Waals surface area contributed by atoms with Crippen LogP contribution in [0.25, 0.3) is 11.3 Å². The molecule has 0 spiro atoms. The minimum atomic E-state index is -0.310. The molecule has 3 rings (SSSR count). The first kappa shape index (κ1) is 16.0. The van der Waals surface area contributed by atoms with Crippen molar-refractivity contribution in [1.29, 1.82) is 0 Å². The lowest BCUT2D eigenvalue weighted by Gasteiger charge is -2.36. The minimum Gasteiger partial charge on any atom is -0.393 e. The average Bonchev–Trinajstić information content (AvgIpc) is 3.01. The summed E-state index contributed by atoms with van der Waals surface area (Å²) in [5.41, 5.74) is 0.755. The Labute approximate surface area is 139 Å². The van der Waals surface area contributed by atoms with Crippen molar-refractivity contribution >= 4 is 17.5 Å². The van der Waals surface area contributed by atoms with Crippen molar-refractivity contribution in [3.63, 3.8) is 0 Å². The standard InChI is InChI=1S/C17H19ClN2O3/c1-17(8-6-13(21)7-9-17)19-16(22)14-10-15(23-20-14)11-2-4-12(18)5-3-11/h2-5,10,13,21H,6-9H2,1H3,(H,19,22). The minimum absolute atomic E-state index is 0.252. The van der Waals surface area contributed by atoms with Crippen LogP contribution in [0.1, 0.15) is 43.1 Å². The first-order valence-electron chi connectivity index (χ1n) is 7.68. The number of hydrogen-bond acceptors (Lipinski definition) is 4. The maximum absolute atomic E-state index is 12.4. The smallest absolute Gasteiger partial charge is 0.273 e. The van der Waals surface area contributed by atoms with Crippen molar-refractivity contribution in [3.8, 4) is 11.3 Å².